The summed E-state index contributed by atoms with van der Waals surface area (Å²) in [4.78, 5) is 13.3. The SMILES string of the molecule is Cc1cnn(CCN2CC(C#N)CC2=O)c1. The van der Waals surface area contributed by atoms with Crippen molar-refractivity contribution in [3.05, 3.63) is 18.0 Å². The quantitative estimate of drug-likeness (QED) is 0.744. The van der Waals surface area contributed by atoms with Crippen LogP contribution in [0.1, 0.15) is 12.0 Å². The lowest BCUT2D eigenvalue weighted by molar-refractivity contribution is -0.127. The van der Waals surface area contributed by atoms with Crippen LogP contribution in [-0.2, 0) is 11.3 Å². The number of nitriles is 1. The number of carbonyl (C=O) groups excluding carboxylic acids is 1. The Morgan fingerprint density at radius 3 is 3.00 bits per heavy atom. The van der Waals surface area contributed by atoms with E-state index >= 15 is 0 Å². The van der Waals surface area contributed by atoms with Crippen LogP contribution in [0.15, 0.2) is 12.4 Å². The molecule has 5 nitrogen and oxygen atoms in total. The molecule has 0 aromatic carbocycles. The Labute approximate surface area is 94.3 Å². The van der Waals surface area contributed by atoms with Gasteiger partial charge in [0.2, 0.25) is 5.91 Å². The fraction of sp³-hybridized carbons (Fsp3) is 0.545. The molecule has 2 rings (SSSR count). The summed E-state index contributed by atoms with van der Waals surface area (Å²) in [5.41, 5.74) is 1.11. The number of hydrogen-bond donors (Lipinski definition) is 0. The second kappa shape index (κ2) is 4.35. The van der Waals surface area contributed by atoms with Gasteiger partial charge in [-0.1, -0.05) is 0 Å². The van der Waals surface area contributed by atoms with Crippen LogP contribution < -0.4 is 0 Å². The van der Waals surface area contributed by atoms with E-state index in [1.54, 1.807) is 11.1 Å². The zero-order valence-electron chi connectivity index (χ0n) is 9.26. The van der Waals surface area contributed by atoms with Gasteiger partial charge in [-0.3, -0.25) is 9.48 Å². The lowest BCUT2D eigenvalue weighted by Crippen LogP contribution is -2.29. The first-order chi connectivity index (χ1) is 7.69. The van der Waals surface area contributed by atoms with E-state index in [9.17, 15) is 4.79 Å². The largest absolute Gasteiger partial charge is 0.339 e. The second-order valence-electron chi connectivity index (χ2n) is 4.15. The van der Waals surface area contributed by atoms with E-state index in [1.165, 1.54) is 0 Å². The van der Waals surface area contributed by atoms with Gasteiger partial charge in [0.1, 0.15) is 0 Å². The number of hydrogen-bond acceptors (Lipinski definition) is 3. The number of rotatable bonds is 3. The molecule has 0 aliphatic carbocycles. The molecule has 0 saturated carbocycles. The normalized spacial score (nSPS) is 20.1. The van der Waals surface area contributed by atoms with E-state index in [-0.39, 0.29) is 11.8 Å². The van der Waals surface area contributed by atoms with Gasteiger partial charge in [0.25, 0.3) is 0 Å². The standard InChI is InChI=1S/C11H14N4O/c1-9-6-13-15(7-9)3-2-14-8-10(5-12)4-11(14)16/h6-7,10H,2-4,8H2,1H3. The Hall–Kier alpha value is -1.83. The monoisotopic (exact) mass is 218 g/mol. The maximum atomic E-state index is 11.5. The lowest BCUT2D eigenvalue weighted by Gasteiger charge is -2.15. The molecule has 84 valence electrons. The van der Waals surface area contributed by atoms with Crippen molar-refractivity contribution in [1.29, 1.82) is 5.26 Å². The first kappa shape index (κ1) is 10.7. The van der Waals surface area contributed by atoms with Crippen LogP contribution in [0.4, 0.5) is 0 Å². The molecule has 1 aromatic heterocycles. The van der Waals surface area contributed by atoms with E-state index in [0.717, 1.165) is 5.56 Å². The number of carbonyl (C=O) groups is 1. The van der Waals surface area contributed by atoms with E-state index < -0.39 is 0 Å². The molecule has 1 aliphatic heterocycles. The molecule has 1 aromatic rings. The Bertz CT molecular complexity index is 431. The van der Waals surface area contributed by atoms with Crippen molar-refractivity contribution in [2.75, 3.05) is 13.1 Å². The highest BCUT2D eigenvalue weighted by Gasteiger charge is 2.28. The molecule has 16 heavy (non-hydrogen) atoms. The zero-order chi connectivity index (χ0) is 11.5. The molecule has 0 spiro atoms. The van der Waals surface area contributed by atoms with Crippen LogP contribution >= 0.6 is 0 Å². The summed E-state index contributed by atoms with van der Waals surface area (Å²) in [5, 5.41) is 12.9. The van der Waals surface area contributed by atoms with Crippen molar-refractivity contribution in [2.45, 2.75) is 19.9 Å². The van der Waals surface area contributed by atoms with Crippen molar-refractivity contribution < 1.29 is 4.79 Å². The summed E-state index contributed by atoms with van der Waals surface area (Å²) in [7, 11) is 0. The highest BCUT2D eigenvalue weighted by Crippen LogP contribution is 2.16. The minimum atomic E-state index is -0.133. The van der Waals surface area contributed by atoms with Gasteiger partial charge >= 0.3 is 0 Å². The first-order valence-electron chi connectivity index (χ1n) is 5.35. The number of aryl methyl sites for hydroxylation is 1. The summed E-state index contributed by atoms with van der Waals surface area (Å²) in [5.74, 6) is -0.0534. The average molecular weight is 218 g/mol. The Balaban J connectivity index is 1.87. The smallest absolute Gasteiger partial charge is 0.224 e. The van der Waals surface area contributed by atoms with E-state index in [1.807, 2.05) is 17.8 Å². The average Bonchev–Trinajstić information content (AvgIpc) is 2.82. The fourth-order valence-electron chi connectivity index (χ4n) is 1.89. The van der Waals surface area contributed by atoms with Gasteiger partial charge in [0.05, 0.1) is 24.7 Å². The molecule has 1 saturated heterocycles. The van der Waals surface area contributed by atoms with Gasteiger partial charge in [-0.05, 0) is 12.5 Å². The van der Waals surface area contributed by atoms with Gasteiger partial charge < -0.3 is 4.90 Å². The van der Waals surface area contributed by atoms with Gasteiger partial charge in [-0.15, -0.1) is 0 Å². The van der Waals surface area contributed by atoms with E-state index in [2.05, 4.69) is 11.2 Å². The second-order valence-corrected chi connectivity index (χ2v) is 4.15. The molecule has 0 bridgehead atoms. The van der Waals surface area contributed by atoms with Crippen molar-refractivity contribution in [2.24, 2.45) is 5.92 Å². The van der Waals surface area contributed by atoms with Gasteiger partial charge in [0, 0.05) is 25.7 Å². The molecule has 0 N–H and O–H groups in total. The molecule has 5 heteroatoms. The van der Waals surface area contributed by atoms with Crippen molar-refractivity contribution in [1.82, 2.24) is 14.7 Å². The van der Waals surface area contributed by atoms with Crippen LogP contribution in [0.3, 0.4) is 0 Å². The molecule has 1 fully saturated rings. The molecule has 0 radical (unpaired) electrons. The third-order valence-corrected chi connectivity index (χ3v) is 2.76. The minimum Gasteiger partial charge on any atom is -0.339 e. The lowest BCUT2D eigenvalue weighted by atomic mass is 10.1. The Morgan fingerprint density at radius 2 is 2.44 bits per heavy atom. The van der Waals surface area contributed by atoms with E-state index in [0.29, 0.717) is 26.1 Å². The molecular formula is C11H14N4O. The predicted molar refractivity (Wildman–Crippen MR) is 57.3 cm³/mol. The summed E-state index contributed by atoms with van der Waals surface area (Å²) in [6.45, 7) is 3.88. The number of nitrogens with zero attached hydrogens (tertiary/aromatic N) is 4. The number of aromatic nitrogens is 2. The van der Waals surface area contributed by atoms with Crippen LogP contribution in [0, 0.1) is 24.2 Å². The van der Waals surface area contributed by atoms with Gasteiger partial charge in [-0.25, -0.2) is 0 Å². The topological polar surface area (TPSA) is 61.9 Å². The summed E-state index contributed by atoms with van der Waals surface area (Å²) >= 11 is 0. The van der Waals surface area contributed by atoms with E-state index in [4.69, 9.17) is 5.26 Å². The van der Waals surface area contributed by atoms with Crippen molar-refractivity contribution in [3.63, 3.8) is 0 Å². The maximum absolute atomic E-state index is 11.5. The highest BCUT2D eigenvalue weighted by molar-refractivity contribution is 5.79. The number of amides is 1. The fourth-order valence-corrected chi connectivity index (χ4v) is 1.89. The zero-order valence-corrected chi connectivity index (χ0v) is 9.26. The van der Waals surface area contributed by atoms with Crippen molar-refractivity contribution >= 4 is 5.91 Å². The minimum absolute atomic E-state index is 0.0791. The van der Waals surface area contributed by atoms with Crippen LogP contribution in [0.25, 0.3) is 0 Å². The van der Waals surface area contributed by atoms with Crippen LogP contribution in [-0.4, -0.2) is 33.7 Å². The first-order valence-corrected chi connectivity index (χ1v) is 5.35. The van der Waals surface area contributed by atoms with Crippen LogP contribution in [0.2, 0.25) is 0 Å². The highest BCUT2D eigenvalue weighted by atomic mass is 16.2. The third kappa shape index (κ3) is 2.22. The summed E-state index contributed by atoms with van der Waals surface area (Å²) in [6, 6.07) is 2.14. The molecule has 1 aliphatic rings. The Kier molecular flexibility index (Phi) is 2.91. The molecule has 1 amide bonds. The number of likely N-dealkylation sites (tertiary alicyclic amines) is 1. The maximum Gasteiger partial charge on any atom is 0.224 e. The molecular weight excluding hydrogens is 204 g/mol. The molecule has 1 unspecified atom stereocenters. The summed E-state index contributed by atoms with van der Waals surface area (Å²) < 4.78 is 1.82. The predicted octanol–water partition coefficient (Wildman–Crippen LogP) is 0.564. The van der Waals surface area contributed by atoms with Crippen molar-refractivity contribution in [3.8, 4) is 6.07 Å². The van der Waals surface area contributed by atoms with Gasteiger partial charge in [-0.2, -0.15) is 10.4 Å². The molecule has 1 atom stereocenters. The molecule has 2 heterocycles. The van der Waals surface area contributed by atoms with Gasteiger partial charge in [0.15, 0.2) is 0 Å². The van der Waals surface area contributed by atoms with Crippen LogP contribution in [0.5, 0.6) is 0 Å². The Morgan fingerprint density at radius 1 is 1.62 bits per heavy atom. The summed E-state index contributed by atoms with van der Waals surface area (Å²) in [6.07, 6.45) is 4.11. The third-order valence-electron chi connectivity index (χ3n) is 2.76.